The molecular weight excluding hydrogens is 350 g/mol. The van der Waals surface area contributed by atoms with Crippen molar-refractivity contribution < 1.29 is 18.3 Å². The first kappa shape index (κ1) is 19.9. The summed E-state index contributed by atoms with van der Waals surface area (Å²) in [6, 6.07) is 5.58. The van der Waals surface area contributed by atoms with Gasteiger partial charge < -0.3 is 15.4 Å². The topological polar surface area (TPSA) is 50.4 Å². The number of methoxy groups -OCH3 is 1. The summed E-state index contributed by atoms with van der Waals surface area (Å²) in [5.41, 5.74) is 2.02. The maximum absolute atomic E-state index is 12.8. The predicted octanol–water partition coefficient (Wildman–Crippen LogP) is 3.04. The van der Waals surface area contributed by atoms with E-state index >= 15 is 0 Å². The van der Waals surface area contributed by atoms with Crippen molar-refractivity contribution in [1.29, 1.82) is 0 Å². The summed E-state index contributed by atoms with van der Waals surface area (Å²) in [7, 11) is 1.59. The Morgan fingerprint density at radius 1 is 1.32 bits per heavy atom. The Kier molecular flexibility index (Phi) is 6.63. The number of amides is 1. The first-order valence-electron chi connectivity index (χ1n) is 8.51. The average Bonchev–Trinajstić information content (AvgIpc) is 2.54. The first-order chi connectivity index (χ1) is 11.5. The fourth-order valence-corrected chi connectivity index (χ4v) is 3.53. The molecule has 2 aliphatic rings. The minimum absolute atomic E-state index is 0. The molecule has 0 aromatic heterocycles. The summed E-state index contributed by atoms with van der Waals surface area (Å²) in [6.45, 7) is 2.03. The number of carbonyl (C=O) groups excluding carboxylic acids is 1. The fraction of sp³-hybridized carbons (Fsp3) is 0.611. The van der Waals surface area contributed by atoms with Crippen LogP contribution < -0.4 is 15.4 Å². The lowest BCUT2D eigenvalue weighted by atomic mass is 9.88. The van der Waals surface area contributed by atoms with Gasteiger partial charge in [-0.1, -0.05) is 12.1 Å². The summed E-state index contributed by atoms with van der Waals surface area (Å²) < 4.78 is 31.1. The van der Waals surface area contributed by atoms with Gasteiger partial charge in [0.1, 0.15) is 5.75 Å². The van der Waals surface area contributed by atoms with Crippen molar-refractivity contribution >= 4 is 18.3 Å². The van der Waals surface area contributed by atoms with Gasteiger partial charge in [-0.05, 0) is 43.5 Å². The SMILES string of the molecule is COc1cc(C2CCNCC2)ccc1CC(=O)NC1CC(F)(F)C1.Cl. The molecule has 7 heteroatoms. The molecule has 0 unspecified atom stereocenters. The smallest absolute Gasteiger partial charge is 0.252 e. The molecule has 1 aliphatic carbocycles. The standard InChI is InChI=1S/C18H24F2N2O2.ClH/c1-24-16-8-13(12-4-6-21-7-5-12)2-3-14(16)9-17(23)22-15-10-18(19,20)11-15;/h2-3,8,12,15,21H,4-7,9-11H2,1H3,(H,22,23);1H. The normalized spacial score (nSPS) is 20.3. The summed E-state index contributed by atoms with van der Waals surface area (Å²) in [4.78, 5) is 12.1. The second-order valence-corrected chi connectivity index (χ2v) is 6.80. The van der Waals surface area contributed by atoms with Crippen molar-refractivity contribution in [3.05, 3.63) is 29.3 Å². The van der Waals surface area contributed by atoms with Gasteiger partial charge in [0.25, 0.3) is 5.92 Å². The van der Waals surface area contributed by atoms with E-state index in [2.05, 4.69) is 16.7 Å². The molecular formula is C18H25ClF2N2O2. The van der Waals surface area contributed by atoms with Crippen LogP contribution in [0.3, 0.4) is 0 Å². The van der Waals surface area contributed by atoms with E-state index in [9.17, 15) is 13.6 Å². The number of halogens is 3. The van der Waals surface area contributed by atoms with E-state index in [1.807, 2.05) is 12.1 Å². The predicted molar refractivity (Wildman–Crippen MR) is 94.9 cm³/mol. The van der Waals surface area contributed by atoms with Crippen LogP contribution in [0.15, 0.2) is 18.2 Å². The van der Waals surface area contributed by atoms with Crippen molar-refractivity contribution in [2.45, 2.75) is 50.0 Å². The van der Waals surface area contributed by atoms with Gasteiger partial charge in [-0.2, -0.15) is 0 Å². The van der Waals surface area contributed by atoms with Crippen LogP contribution in [0, 0.1) is 0 Å². The third-order valence-corrected chi connectivity index (χ3v) is 4.93. The van der Waals surface area contributed by atoms with E-state index in [0.29, 0.717) is 11.7 Å². The molecule has 2 fully saturated rings. The molecule has 0 spiro atoms. The average molecular weight is 375 g/mol. The molecule has 1 heterocycles. The van der Waals surface area contributed by atoms with Crippen LogP contribution in [0.5, 0.6) is 5.75 Å². The van der Waals surface area contributed by atoms with Gasteiger partial charge in [-0.25, -0.2) is 8.78 Å². The summed E-state index contributed by atoms with van der Waals surface area (Å²) in [6.07, 6.45) is 1.82. The van der Waals surface area contributed by atoms with Gasteiger partial charge in [0.05, 0.1) is 13.5 Å². The lowest BCUT2D eigenvalue weighted by molar-refractivity contribution is -0.128. The molecule has 0 bridgehead atoms. The van der Waals surface area contributed by atoms with Gasteiger partial charge >= 0.3 is 0 Å². The van der Waals surface area contributed by atoms with Crippen LogP contribution >= 0.6 is 12.4 Å². The highest BCUT2D eigenvalue weighted by Gasteiger charge is 2.45. The molecule has 1 aliphatic heterocycles. The lowest BCUT2D eigenvalue weighted by Gasteiger charge is -2.35. The Balaban J connectivity index is 0.00000225. The van der Waals surface area contributed by atoms with E-state index in [-0.39, 0.29) is 37.6 Å². The van der Waals surface area contributed by atoms with E-state index in [4.69, 9.17) is 4.74 Å². The number of piperidine rings is 1. The molecule has 2 N–H and O–H groups in total. The third-order valence-electron chi connectivity index (χ3n) is 4.93. The Morgan fingerprint density at radius 3 is 2.60 bits per heavy atom. The molecule has 0 atom stereocenters. The Labute approximate surface area is 153 Å². The van der Waals surface area contributed by atoms with Gasteiger partial charge in [-0.3, -0.25) is 4.79 Å². The van der Waals surface area contributed by atoms with Gasteiger partial charge in [0.2, 0.25) is 5.91 Å². The van der Waals surface area contributed by atoms with E-state index in [1.54, 1.807) is 7.11 Å². The zero-order chi connectivity index (χ0) is 17.2. The quantitative estimate of drug-likeness (QED) is 0.832. The maximum Gasteiger partial charge on any atom is 0.252 e. The molecule has 1 aromatic rings. The molecule has 1 aromatic carbocycles. The molecule has 1 saturated heterocycles. The largest absolute Gasteiger partial charge is 0.496 e. The minimum Gasteiger partial charge on any atom is -0.496 e. The number of ether oxygens (including phenoxy) is 1. The molecule has 3 rings (SSSR count). The number of nitrogens with one attached hydrogen (secondary N) is 2. The number of hydrogen-bond donors (Lipinski definition) is 2. The second kappa shape index (κ2) is 8.32. The number of alkyl halides is 2. The van der Waals surface area contributed by atoms with Gasteiger partial charge in [0.15, 0.2) is 0 Å². The fourth-order valence-electron chi connectivity index (χ4n) is 3.53. The van der Waals surface area contributed by atoms with Crippen molar-refractivity contribution in [2.24, 2.45) is 0 Å². The highest BCUT2D eigenvalue weighted by atomic mass is 35.5. The molecule has 1 saturated carbocycles. The minimum atomic E-state index is -2.62. The number of carbonyl (C=O) groups is 1. The second-order valence-electron chi connectivity index (χ2n) is 6.80. The van der Waals surface area contributed by atoms with Crippen LogP contribution in [0.1, 0.15) is 42.7 Å². The number of hydrogen-bond acceptors (Lipinski definition) is 3. The van der Waals surface area contributed by atoms with Crippen molar-refractivity contribution in [2.75, 3.05) is 20.2 Å². The van der Waals surface area contributed by atoms with E-state index < -0.39 is 12.0 Å². The molecule has 1 amide bonds. The first-order valence-corrected chi connectivity index (χ1v) is 8.51. The van der Waals surface area contributed by atoms with Crippen LogP contribution in [-0.4, -0.2) is 38.1 Å². The molecule has 25 heavy (non-hydrogen) atoms. The third kappa shape index (κ3) is 5.05. The van der Waals surface area contributed by atoms with Crippen LogP contribution in [0.2, 0.25) is 0 Å². The van der Waals surface area contributed by atoms with Crippen molar-refractivity contribution in [3.63, 3.8) is 0 Å². The molecule has 140 valence electrons. The monoisotopic (exact) mass is 374 g/mol. The highest BCUT2D eigenvalue weighted by molar-refractivity contribution is 5.85. The van der Waals surface area contributed by atoms with E-state index in [0.717, 1.165) is 31.5 Å². The maximum atomic E-state index is 12.8. The van der Waals surface area contributed by atoms with Crippen LogP contribution in [-0.2, 0) is 11.2 Å². The highest BCUT2D eigenvalue weighted by Crippen LogP contribution is 2.37. The zero-order valence-corrected chi connectivity index (χ0v) is 15.1. The van der Waals surface area contributed by atoms with Gasteiger partial charge in [-0.15, -0.1) is 12.4 Å². The summed E-state index contributed by atoms with van der Waals surface area (Å²) in [5.74, 6) is -1.64. The lowest BCUT2D eigenvalue weighted by Crippen LogP contribution is -2.50. The summed E-state index contributed by atoms with van der Waals surface area (Å²) in [5, 5.41) is 6.01. The zero-order valence-electron chi connectivity index (χ0n) is 14.3. The van der Waals surface area contributed by atoms with E-state index in [1.165, 1.54) is 5.56 Å². The van der Waals surface area contributed by atoms with Crippen molar-refractivity contribution in [1.82, 2.24) is 10.6 Å². The summed E-state index contributed by atoms with van der Waals surface area (Å²) >= 11 is 0. The Morgan fingerprint density at radius 2 is 2.00 bits per heavy atom. The van der Waals surface area contributed by atoms with Crippen LogP contribution in [0.25, 0.3) is 0 Å². The van der Waals surface area contributed by atoms with Gasteiger partial charge in [0, 0.05) is 24.4 Å². The molecule has 0 radical (unpaired) electrons. The van der Waals surface area contributed by atoms with Crippen molar-refractivity contribution in [3.8, 4) is 5.75 Å². The number of benzene rings is 1. The molecule has 4 nitrogen and oxygen atoms in total. The Bertz CT molecular complexity index is 599. The Hall–Kier alpha value is -1.40. The number of rotatable bonds is 5. The van der Waals surface area contributed by atoms with Crippen LogP contribution in [0.4, 0.5) is 8.78 Å².